The van der Waals surface area contributed by atoms with Crippen LogP contribution >= 0.6 is 0 Å². The van der Waals surface area contributed by atoms with Gasteiger partial charge in [-0.25, -0.2) is 4.98 Å². The fourth-order valence-corrected chi connectivity index (χ4v) is 1.99. The molecule has 0 spiro atoms. The van der Waals surface area contributed by atoms with Crippen LogP contribution in [0.3, 0.4) is 0 Å². The number of nitrogens with zero attached hydrogens (tertiary/aromatic N) is 2. The molecule has 3 rings (SSSR count). The van der Waals surface area contributed by atoms with Crippen LogP contribution in [0.1, 0.15) is 24.4 Å². The molecule has 1 aromatic carbocycles. The lowest BCUT2D eigenvalue weighted by Gasteiger charge is -2.03. The average Bonchev–Trinajstić information content (AvgIpc) is 3.07. The van der Waals surface area contributed by atoms with Gasteiger partial charge in [-0.2, -0.15) is 5.48 Å². The highest BCUT2D eigenvalue weighted by Crippen LogP contribution is 2.37. The summed E-state index contributed by atoms with van der Waals surface area (Å²) in [5.74, 6) is 0. The topological polar surface area (TPSA) is 39.1 Å². The molecule has 0 saturated heterocycles. The Morgan fingerprint density at radius 3 is 3.12 bits per heavy atom. The molecule has 16 heavy (non-hydrogen) atoms. The third-order valence-corrected chi connectivity index (χ3v) is 3.00. The van der Waals surface area contributed by atoms with Crippen molar-refractivity contribution < 1.29 is 4.84 Å². The Morgan fingerprint density at radius 2 is 2.38 bits per heavy atom. The van der Waals surface area contributed by atoms with Crippen LogP contribution in [0.2, 0.25) is 0 Å². The van der Waals surface area contributed by atoms with Crippen molar-refractivity contribution in [2.45, 2.75) is 25.4 Å². The van der Waals surface area contributed by atoms with Crippen LogP contribution in [0.4, 0.5) is 0 Å². The number of imidazole rings is 1. The second-order valence-corrected chi connectivity index (χ2v) is 4.23. The Labute approximate surface area is 94.2 Å². The summed E-state index contributed by atoms with van der Waals surface area (Å²) in [5, 5.41) is 0. The van der Waals surface area contributed by atoms with Crippen molar-refractivity contribution in [1.29, 1.82) is 0 Å². The van der Waals surface area contributed by atoms with Gasteiger partial charge in [0.25, 0.3) is 0 Å². The molecule has 0 bridgehead atoms. The van der Waals surface area contributed by atoms with Gasteiger partial charge in [0.15, 0.2) is 0 Å². The lowest BCUT2D eigenvalue weighted by molar-refractivity contribution is 0.0867. The number of hydrogen-bond donors (Lipinski definition) is 1. The highest BCUT2D eigenvalue weighted by molar-refractivity contribution is 5.76. The van der Waals surface area contributed by atoms with E-state index >= 15 is 0 Å². The summed E-state index contributed by atoms with van der Waals surface area (Å²) in [6.45, 7) is 0.711. The first-order chi connectivity index (χ1) is 7.88. The molecule has 1 saturated carbocycles. The van der Waals surface area contributed by atoms with Gasteiger partial charge in [-0.15, -0.1) is 0 Å². The van der Waals surface area contributed by atoms with E-state index in [9.17, 15) is 0 Å². The molecule has 0 aliphatic heterocycles. The van der Waals surface area contributed by atoms with Gasteiger partial charge in [0.1, 0.15) is 0 Å². The molecule has 1 fully saturated rings. The predicted molar refractivity (Wildman–Crippen MR) is 61.9 cm³/mol. The van der Waals surface area contributed by atoms with Crippen LogP contribution in [0.15, 0.2) is 24.5 Å². The summed E-state index contributed by atoms with van der Waals surface area (Å²) >= 11 is 0. The fourth-order valence-electron chi connectivity index (χ4n) is 1.99. The van der Waals surface area contributed by atoms with Crippen molar-refractivity contribution >= 4 is 11.0 Å². The van der Waals surface area contributed by atoms with E-state index in [-0.39, 0.29) is 0 Å². The van der Waals surface area contributed by atoms with Crippen molar-refractivity contribution in [1.82, 2.24) is 15.0 Å². The molecule has 4 heteroatoms. The maximum atomic E-state index is 4.84. The molecule has 2 aromatic rings. The highest BCUT2D eigenvalue weighted by atomic mass is 16.6. The summed E-state index contributed by atoms with van der Waals surface area (Å²) in [4.78, 5) is 9.28. The Hall–Kier alpha value is -1.39. The van der Waals surface area contributed by atoms with E-state index in [0.29, 0.717) is 12.6 Å². The van der Waals surface area contributed by atoms with Gasteiger partial charge in [0.05, 0.1) is 24.5 Å². The molecular weight excluding hydrogens is 202 g/mol. The summed E-state index contributed by atoms with van der Waals surface area (Å²) in [5.41, 5.74) is 6.34. The molecule has 1 aliphatic carbocycles. The van der Waals surface area contributed by atoms with Crippen LogP contribution in [0.5, 0.6) is 0 Å². The minimum atomic E-state index is 0.688. The quantitative estimate of drug-likeness (QED) is 0.796. The minimum Gasteiger partial charge on any atom is -0.327 e. The zero-order valence-electron chi connectivity index (χ0n) is 9.31. The maximum Gasteiger partial charge on any atom is 0.0960 e. The van der Waals surface area contributed by atoms with E-state index < -0.39 is 0 Å². The van der Waals surface area contributed by atoms with Crippen LogP contribution < -0.4 is 5.48 Å². The zero-order valence-corrected chi connectivity index (χ0v) is 9.31. The molecule has 0 unspecified atom stereocenters. The number of rotatable bonds is 4. The number of nitrogens with one attached hydrogen (secondary N) is 1. The van der Waals surface area contributed by atoms with E-state index in [2.05, 4.69) is 33.2 Å². The molecule has 4 nitrogen and oxygen atoms in total. The molecule has 1 aromatic heterocycles. The van der Waals surface area contributed by atoms with Gasteiger partial charge in [-0.1, -0.05) is 6.07 Å². The van der Waals surface area contributed by atoms with E-state index in [0.717, 1.165) is 5.52 Å². The van der Waals surface area contributed by atoms with Gasteiger partial charge in [-0.3, -0.25) is 0 Å². The molecule has 1 N–H and O–H groups in total. The number of benzene rings is 1. The normalized spacial score (nSPS) is 15.8. The van der Waals surface area contributed by atoms with Crippen LogP contribution in [-0.2, 0) is 11.4 Å². The molecule has 84 valence electrons. The molecule has 1 heterocycles. The third-order valence-electron chi connectivity index (χ3n) is 3.00. The molecule has 0 amide bonds. The SMILES string of the molecule is CONCc1ccc2c(c1)ncn2C1CC1. The molecular formula is C12H15N3O. The van der Waals surface area contributed by atoms with Crippen LogP contribution in [0, 0.1) is 0 Å². The number of aromatic nitrogens is 2. The van der Waals surface area contributed by atoms with Crippen molar-refractivity contribution in [2.75, 3.05) is 7.11 Å². The largest absolute Gasteiger partial charge is 0.327 e. The first-order valence-corrected chi connectivity index (χ1v) is 5.60. The van der Waals surface area contributed by atoms with Gasteiger partial charge in [0, 0.05) is 12.6 Å². The maximum absolute atomic E-state index is 4.84. The van der Waals surface area contributed by atoms with Crippen molar-refractivity contribution in [3.05, 3.63) is 30.1 Å². The second kappa shape index (κ2) is 3.88. The number of hydroxylamine groups is 1. The standard InChI is InChI=1S/C12H15N3O/c1-16-14-7-9-2-5-12-11(6-9)13-8-15(12)10-3-4-10/h2,5-6,8,10,14H,3-4,7H2,1H3. The van der Waals surface area contributed by atoms with Crippen LogP contribution in [0.25, 0.3) is 11.0 Å². The van der Waals surface area contributed by atoms with E-state index in [1.54, 1.807) is 7.11 Å². The van der Waals surface area contributed by atoms with Gasteiger partial charge in [-0.05, 0) is 30.5 Å². The number of hydrogen-bond acceptors (Lipinski definition) is 3. The smallest absolute Gasteiger partial charge is 0.0960 e. The van der Waals surface area contributed by atoms with Gasteiger partial charge in [0.2, 0.25) is 0 Å². The van der Waals surface area contributed by atoms with E-state index in [4.69, 9.17) is 4.84 Å². The second-order valence-electron chi connectivity index (χ2n) is 4.23. The predicted octanol–water partition coefficient (Wildman–Crippen LogP) is 2.02. The Kier molecular flexibility index (Phi) is 2.38. The highest BCUT2D eigenvalue weighted by Gasteiger charge is 2.24. The van der Waals surface area contributed by atoms with E-state index in [1.807, 2.05) is 6.33 Å². The molecule has 0 atom stereocenters. The fraction of sp³-hybridized carbons (Fsp3) is 0.417. The first-order valence-electron chi connectivity index (χ1n) is 5.60. The number of fused-ring (bicyclic) bond motifs is 1. The van der Waals surface area contributed by atoms with Crippen molar-refractivity contribution in [3.63, 3.8) is 0 Å². The Bertz CT molecular complexity index is 502. The summed E-state index contributed by atoms with van der Waals surface area (Å²) < 4.78 is 2.28. The van der Waals surface area contributed by atoms with Crippen molar-refractivity contribution in [3.8, 4) is 0 Å². The Morgan fingerprint density at radius 1 is 1.50 bits per heavy atom. The van der Waals surface area contributed by atoms with Crippen LogP contribution in [-0.4, -0.2) is 16.7 Å². The summed E-state index contributed by atoms with van der Waals surface area (Å²) in [6.07, 6.45) is 4.53. The van der Waals surface area contributed by atoms with Gasteiger partial charge < -0.3 is 9.40 Å². The minimum absolute atomic E-state index is 0.688. The lowest BCUT2D eigenvalue weighted by Crippen LogP contribution is -2.10. The van der Waals surface area contributed by atoms with E-state index in [1.165, 1.54) is 23.9 Å². The molecule has 1 aliphatic rings. The summed E-state index contributed by atoms with van der Waals surface area (Å²) in [6, 6.07) is 7.07. The zero-order chi connectivity index (χ0) is 11.0. The average molecular weight is 217 g/mol. The lowest BCUT2D eigenvalue weighted by atomic mass is 10.2. The monoisotopic (exact) mass is 217 g/mol. The van der Waals surface area contributed by atoms with Crippen molar-refractivity contribution in [2.24, 2.45) is 0 Å². The Balaban J connectivity index is 1.93. The molecule has 0 radical (unpaired) electrons. The third kappa shape index (κ3) is 1.70. The first kappa shape index (κ1) is 9.81. The van der Waals surface area contributed by atoms with Gasteiger partial charge >= 0.3 is 0 Å². The summed E-state index contributed by atoms with van der Waals surface area (Å²) in [7, 11) is 1.63.